The molecular formula is C24H26O3Si. The van der Waals surface area contributed by atoms with Gasteiger partial charge >= 0.3 is 0 Å². The first-order chi connectivity index (χ1) is 13.7. The predicted molar refractivity (Wildman–Crippen MR) is 114 cm³/mol. The maximum absolute atomic E-state index is 12.5. The molecule has 3 aromatic rings. The van der Waals surface area contributed by atoms with Crippen LogP contribution in [0.5, 0.6) is 0 Å². The van der Waals surface area contributed by atoms with Crippen molar-refractivity contribution in [1.82, 2.24) is 0 Å². The van der Waals surface area contributed by atoms with E-state index in [0.717, 1.165) is 18.1 Å². The van der Waals surface area contributed by atoms with E-state index in [9.17, 15) is 9.90 Å². The number of aliphatic hydroxyl groups excluding tert-OH is 1. The molecule has 3 nitrogen and oxygen atoms in total. The third-order valence-corrected chi connectivity index (χ3v) is 8.57. The molecule has 0 fully saturated rings. The first-order valence-electron chi connectivity index (χ1n) is 9.64. The van der Waals surface area contributed by atoms with Crippen molar-refractivity contribution in [2.24, 2.45) is 0 Å². The number of carbonyl (C=O) groups is 1. The molecular weight excluding hydrogens is 364 g/mol. The fourth-order valence-corrected chi connectivity index (χ4v) is 7.70. The second-order valence-corrected chi connectivity index (χ2v) is 10.7. The third-order valence-electron chi connectivity index (χ3n) is 4.75. The van der Waals surface area contributed by atoms with Crippen molar-refractivity contribution in [2.45, 2.75) is 24.6 Å². The quantitative estimate of drug-likeness (QED) is 0.557. The Morgan fingerprint density at radius 1 is 0.679 bits per heavy atom. The lowest BCUT2D eigenvalue weighted by Gasteiger charge is -2.32. The highest BCUT2D eigenvalue weighted by Gasteiger charge is 2.39. The predicted octanol–water partition coefficient (Wildman–Crippen LogP) is 4.20. The molecule has 144 valence electrons. The van der Waals surface area contributed by atoms with E-state index in [1.54, 1.807) is 0 Å². The summed E-state index contributed by atoms with van der Waals surface area (Å²) in [6.45, 7) is -0.189. The van der Waals surface area contributed by atoms with Crippen LogP contribution in [0.4, 0.5) is 0 Å². The second-order valence-electron chi connectivity index (χ2n) is 7.12. The minimum absolute atomic E-state index is 0.0348. The number of aliphatic hydroxyl groups is 1. The Morgan fingerprint density at radius 2 is 1.04 bits per heavy atom. The fraction of sp³-hybridized carbons (Fsp3) is 0.208. The van der Waals surface area contributed by atoms with E-state index in [4.69, 9.17) is 4.43 Å². The Kier molecular flexibility index (Phi) is 7.17. The van der Waals surface area contributed by atoms with Gasteiger partial charge in [-0.3, -0.25) is 4.79 Å². The summed E-state index contributed by atoms with van der Waals surface area (Å²) in [5, 5.41) is 9.22. The first kappa shape index (κ1) is 20.1. The minimum Gasteiger partial charge on any atom is -0.518 e. The van der Waals surface area contributed by atoms with E-state index < -0.39 is 8.32 Å². The number of rotatable bonds is 9. The maximum atomic E-state index is 12.5. The molecule has 0 radical (unpaired) electrons. The number of benzene rings is 3. The smallest absolute Gasteiger partial charge is 0.294 e. The van der Waals surface area contributed by atoms with Gasteiger partial charge in [0, 0.05) is 18.1 Å². The van der Waals surface area contributed by atoms with Gasteiger partial charge in [0.15, 0.2) is 0 Å². The molecule has 0 aliphatic rings. The van der Waals surface area contributed by atoms with Crippen LogP contribution >= 0.6 is 0 Å². The summed E-state index contributed by atoms with van der Waals surface area (Å²) in [5.74, 6) is -0.308. The van der Waals surface area contributed by atoms with E-state index in [1.807, 2.05) is 54.6 Å². The second kappa shape index (κ2) is 10.0. The zero-order valence-electron chi connectivity index (χ0n) is 16.0. The Hall–Kier alpha value is -2.69. The Labute approximate surface area is 167 Å². The monoisotopic (exact) mass is 390 g/mol. The average Bonchev–Trinajstić information content (AvgIpc) is 2.70. The zero-order chi connectivity index (χ0) is 19.7. The SMILES string of the molecule is O=C(CCO)O[Si](Cc1ccccc1)(Cc1ccccc1)Cc1ccccc1. The van der Waals surface area contributed by atoms with Crippen molar-refractivity contribution in [3.05, 3.63) is 108 Å². The van der Waals surface area contributed by atoms with Gasteiger partial charge in [-0.15, -0.1) is 0 Å². The molecule has 0 saturated heterocycles. The van der Waals surface area contributed by atoms with Gasteiger partial charge in [-0.05, 0) is 16.7 Å². The van der Waals surface area contributed by atoms with Crippen molar-refractivity contribution < 1.29 is 14.3 Å². The summed E-state index contributed by atoms with van der Waals surface area (Å²) in [5.41, 5.74) is 3.54. The Bertz CT molecular complexity index is 749. The highest BCUT2D eigenvalue weighted by Crippen LogP contribution is 2.24. The van der Waals surface area contributed by atoms with Crippen LogP contribution in [0, 0.1) is 0 Å². The van der Waals surface area contributed by atoms with Gasteiger partial charge in [0.2, 0.25) is 0 Å². The largest absolute Gasteiger partial charge is 0.518 e. The molecule has 0 unspecified atom stereocenters. The van der Waals surface area contributed by atoms with Crippen LogP contribution in [-0.2, 0) is 27.4 Å². The van der Waals surface area contributed by atoms with E-state index in [-0.39, 0.29) is 19.0 Å². The van der Waals surface area contributed by atoms with Crippen LogP contribution in [0.1, 0.15) is 23.1 Å². The highest BCUT2D eigenvalue weighted by molar-refractivity contribution is 6.73. The number of hydrogen-bond acceptors (Lipinski definition) is 3. The van der Waals surface area contributed by atoms with Crippen LogP contribution < -0.4 is 0 Å². The summed E-state index contributed by atoms with van der Waals surface area (Å²) in [7, 11) is -2.58. The summed E-state index contributed by atoms with van der Waals surface area (Å²) in [4.78, 5) is 12.5. The van der Waals surface area contributed by atoms with Gasteiger partial charge in [0.1, 0.15) is 0 Å². The van der Waals surface area contributed by atoms with Gasteiger partial charge < -0.3 is 9.53 Å². The van der Waals surface area contributed by atoms with Gasteiger partial charge in [-0.1, -0.05) is 91.0 Å². The molecule has 0 bridgehead atoms. The van der Waals surface area contributed by atoms with Gasteiger partial charge in [0.25, 0.3) is 14.3 Å². The van der Waals surface area contributed by atoms with Crippen LogP contribution in [0.2, 0.25) is 0 Å². The van der Waals surface area contributed by atoms with Gasteiger partial charge in [-0.2, -0.15) is 0 Å². The molecule has 0 saturated carbocycles. The van der Waals surface area contributed by atoms with Crippen molar-refractivity contribution in [3.63, 3.8) is 0 Å². The topological polar surface area (TPSA) is 46.5 Å². The van der Waals surface area contributed by atoms with Crippen LogP contribution in [0.25, 0.3) is 0 Å². The normalized spacial score (nSPS) is 11.2. The van der Waals surface area contributed by atoms with Gasteiger partial charge in [-0.25, -0.2) is 0 Å². The molecule has 0 heterocycles. The summed E-state index contributed by atoms with van der Waals surface area (Å²) >= 11 is 0. The molecule has 0 aliphatic heterocycles. The third kappa shape index (κ3) is 5.91. The number of carbonyl (C=O) groups excluding carboxylic acids is 1. The van der Waals surface area contributed by atoms with Crippen LogP contribution in [0.15, 0.2) is 91.0 Å². The first-order valence-corrected chi connectivity index (χ1v) is 12.2. The number of hydrogen-bond donors (Lipinski definition) is 1. The molecule has 3 aromatic carbocycles. The Balaban J connectivity index is 1.98. The zero-order valence-corrected chi connectivity index (χ0v) is 17.0. The minimum atomic E-state index is -2.58. The molecule has 0 aliphatic carbocycles. The van der Waals surface area contributed by atoms with Crippen molar-refractivity contribution >= 4 is 14.3 Å². The van der Waals surface area contributed by atoms with Gasteiger partial charge in [0.05, 0.1) is 13.0 Å². The fourth-order valence-electron chi connectivity index (χ4n) is 3.58. The van der Waals surface area contributed by atoms with Crippen molar-refractivity contribution in [2.75, 3.05) is 6.61 Å². The highest BCUT2D eigenvalue weighted by atomic mass is 28.4. The van der Waals surface area contributed by atoms with Crippen LogP contribution in [0.3, 0.4) is 0 Å². The van der Waals surface area contributed by atoms with Crippen molar-refractivity contribution in [1.29, 1.82) is 0 Å². The maximum Gasteiger partial charge on any atom is 0.294 e. The standard InChI is InChI=1S/C24H26O3Si/c25-17-16-24(26)27-28(18-21-10-4-1-5-11-21,19-22-12-6-2-7-13-22)20-23-14-8-3-9-15-23/h1-15,25H,16-20H2. The van der Waals surface area contributed by atoms with E-state index in [2.05, 4.69) is 36.4 Å². The van der Waals surface area contributed by atoms with Crippen molar-refractivity contribution in [3.8, 4) is 0 Å². The summed E-state index contributed by atoms with van der Waals surface area (Å²) in [6, 6.07) is 32.9. The summed E-state index contributed by atoms with van der Waals surface area (Å²) < 4.78 is 6.23. The molecule has 1 N–H and O–H groups in total. The molecule has 0 spiro atoms. The van der Waals surface area contributed by atoms with E-state index in [1.165, 1.54) is 16.7 Å². The van der Waals surface area contributed by atoms with E-state index >= 15 is 0 Å². The lowest BCUT2D eigenvalue weighted by Crippen LogP contribution is -2.49. The van der Waals surface area contributed by atoms with Crippen LogP contribution in [-0.4, -0.2) is 26.0 Å². The molecule has 3 rings (SSSR count). The average molecular weight is 391 g/mol. The molecule has 0 aromatic heterocycles. The molecule has 4 heteroatoms. The lowest BCUT2D eigenvalue weighted by atomic mass is 10.2. The lowest BCUT2D eigenvalue weighted by molar-refractivity contribution is -0.136. The molecule has 0 amide bonds. The summed E-state index contributed by atoms with van der Waals surface area (Å²) in [6.07, 6.45) is 0.0348. The Morgan fingerprint density at radius 3 is 1.36 bits per heavy atom. The molecule has 0 atom stereocenters. The van der Waals surface area contributed by atoms with E-state index in [0.29, 0.717) is 0 Å². The molecule has 28 heavy (non-hydrogen) atoms.